The van der Waals surface area contributed by atoms with Crippen LogP contribution in [0.4, 0.5) is 5.69 Å². The predicted octanol–water partition coefficient (Wildman–Crippen LogP) is 1.68. The number of nitro groups is 1. The summed E-state index contributed by atoms with van der Waals surface area (Å²) in [6.07, 6.45) is 0. The van der Waals surface area contributed by atoms with E-state index in [1.165, 1.54) is 49.4 Å². The third-order valence-electron chi connectivity index (χ3n) is 3.14. The van der Waals surface area contributed by atoms with Gasteiger partial charge in [0.1, 0.15) is 5.75 Å². The molecule has 0 atom stereocenters. The topological polar surface area (TPSA) is 122 Å². The molecule has 0 unspecified atom stereocenters. The molecule has 0 heterocycles. The van der Waals surface area contributed by atoms with Gasteiger partial charge in [-0.25, -0.2) is 0 Å². The van der Waals surface area contributed by atoms with Crippen LogP contribution in [0.15, 0.2) is 42.5 Å². The molecule has 118 valence electrons. The lowest BCUT2D eigenvalue weighted by atomic mass is 10.1. The van der Waals surface area contributed by atoms with Gasteiger partial charge >= 0.3 is 0 Å². The van der Waals surface area contributed by atoms with Crippen LogP contribution < -0.4 is 10.9 Å². The quantitative estimate of drug-likeness (QED) is 0.587. The fraction of sp³-hybridized carbons (Fsp3) is 0.0667. The second-order valence-corrected chi connectivity index (χ2v) is 4.67. The smallest absolute Gasteiger partial charge is 0.273 e. The van der Waals surface area contributed by atoms with Gasteiger partial charge < -0.3 is 5.11 Å². The number of nitro benzene ring substituents is 1. The van der Waals surface area contributed by atoms with E-state index in [4.69, 9.17) is 0 Å². The molecule has 0 aliphatic rings. The molecule has 0 spiro atoms. The Kier molecular flexibility index (Phi) is 4.55. The van der Waals surface area contributed by atoms with E-state index in [1.807, 2.05) is 0 Å². The molecule has 0 aliphatic heterocycles. The number of carbonyl (C=O) groups excluding carboxylic acids is 2. The van der Waals surface area contributed by atoms with E-state index < -0.39 is 16.7 Å². The summed E-state index contributed by atoms with van der Waals surface area (Å²) in [5.41, 5.74) is 4.61. The van der Waals surface area contributed by atoms with Crippen LogP contribution in [0, 0.1) is 17.0 Å². The standard InChI is InChI=1S/C15H13N3O5/c1-9-12(6-3-7-13(9)18(22)23)15(21)17-16-14(20)10-4-2-5-11(19)8-10/h2-8,19H,1H3,(H,16,20)(H,17,21). The highest BCUT2D eigenvalue weighted by molar-refractivity contribution is 6.00. The second kappa shape index (κ2) is 6.56. The molecule has 0 aliphatic carbocycles. The number of hydrogen-bond donors (Lipinski definition) is 3. The maximum Gasteiger partial charge on any atom is 0.273 e. The Morgan fingerprint density at radius 2 is 1.74 bits per heavy atom. The molecule has 2 rings (SSSR count). The molecule has 2 amide bonds. The van der Waals surface area contributed by atoms with Crippen molar-refractivity contribution in [1.82, 2.24) is 10.9 Å². The zero-order chi connectivity index (χ0) is 17.0. The summed E-state index contributed by atoms with van der Waals surface area (Å²) < 4.78 is 0. The number of rotatable bonds is 3. The van der Waals surface area contributed by atoms with Crippen molar-refractivity contribution < 1.29 is 19.6 Å². The van der Waals surface area contributed by atoms with Gasteiger partial charge in [0.15, 0.2) is 0 Å². The molecule has 0 fully saturated rings. The Bertz CT molecular complexity index is 788. The Morgan fingerprint density at radius 3 is 2.39 bits per heavy atom. The monoisotopic (exact) mass is 315 g/mol. The van der Waals surface area contributed by atoms with Crippen molar-refractivity contribution in [2.45, 2.75) is 6.92 Å². The lowest BCUT2D eigenvalue weighted by molar-refractivity contribution is -0.385. The summed E-state index contributed by atoms with van der Waals surface area (Å²) >= 11 is 0. The molecule has 8 heteroatoms. The first-order valence-corrected chi connectivity index (χ1v) is 6.54. The first kappa shape index (κ1) is 16.0. The van der Waals surface area contributed by atoms with Crippen LogP contribution in [-0.4, -0.2) is 21.8 Å². The van der Waals surface area contributed by atoms with Crippen molar-refractivity contribution >= 4 is 17.5 Å². The highest BCUT2D eigenvalue weighted by Gasteiger charge is 2.18. The minimum Gasteiger partial charge on any atom is -0.508 e. The third-order valence-corrected chi connectivity index (χ3v) is 3.14. The number of hydrazine groups is 1. The molecule has 2 aromatic rings. The summed E-state index contributed by atoms with van der Waals surface area (Å²) in [6.45, 7) is 1.45. The summed E-state index contributed by atoms with van der Waals surface area (Å²) in [5.74, 6) is -1.39. The molecule has 0 aromatic heterocycles. The molecule has 2 aromatic carbocycles. The van der Waals surface area contributed by atoms with E-state index in [9.17, 15) is 24.8 Å². The van der Waals surface area contributed by atoms with Crippen molar-refractivity contribution in [3.63, 3.8) is 0 Å². The van der Waals surface area contributed by atoms with Gasteiger partial charge in [0.2, 0.25) is 0 Å². The predicted molar refractivity (Wildman–Crippen MR) is 80.9 cm³/mol. The Labute approximate surface area is 130 Å². The maximum atomic E-state index is 12.0. The van der Waals surface area contributed by atoms with Gasteiger partial charge in [0, 0.05) is 17.2 Å². The number of phenols is 1. The van der Waals surface area contributed by atoms with Gasteiger partial charge in [-0.1, -0.05) is 12.1 Å². The summed E-state index contributed by atoms with van der Waals surface area (Å²) in [6, 6.07) is 9.67. The van der Waals surface area contributed by atoms with Crippen LogP contribution in [-0.2, 0) is 0 Å². The van der Waals surface area contributed by atoms with Crippen LogP contribution in [0.2, 0.25) is 0 Å². The van der Waals surface area contributed by atoms with Crippen LogP contribution >= 0.6 is 0 Å². The van der Waals surface area contributed by atoms with Gasteiger partial charge in [0.25, 0.3) is 17.5 Å². The molecule has 0 saturated heterocycles. The lowest BCUT2D eigenvalue weighted by Gasteiger charge is -2.09. The normalized spacial score (nSPS) is 9.96. The fourth-order valence-corrected chi connectivity index (χ4v) is 1.97. The van der Waals surface area contributed by atoms with Gasteiger partial charge in [-0.15, -0.1) is 0 Å². The van der Waals surface area contributed by atoms with Gasteiger partial charge in [0.05, 0.1) is 10.5 Å². The average Bonchev–Trinajstić information content (AvgIpc) is 2.52. The number of carbonyl (C=O) groups is 2. The van der Waals surface area contributed by atoms with Crippen LogP contribution in [0.3, 0.4) is 0 Å². The fourth-order valence-electron chi connectivity index (χ4n) is 1.97. The number of nitrogens with zero attached hydrogens (tertiary/aromatic N) is 1. The van der Waals surface area contributed by atoms with E-state index in [2.05, 4.69) is 10.9 Å². The summed E-state index contributed by atoms with van der Waals surface area (Å²) in [5, 5.41) is 20.2. The number of benzene rings is 2. The minimum absolute atomic E-state index is 0.0791. The van der Waals surface area contributed by atoms with E-state index >= 15 is 0 Å². The first-order valence-electron chi connectivity index (χ1n) is 6.54. The van der Waals surface area contributed by atoms with Crippen molar-refractivity contribution in [3.8, 4) is 5.75 Å². The summed E-state index contributed by atoms with van der Waals surface area (Å²) in [7, 11) is 0. The molecule has 0 saturated carbocycles. The number of nitrogens with one attached hydrogen (secondary N) is 2. The lowest BCUT2D eigenvalue weighted by Crippen LogP contribution is -2.41. The average molecular weight is 315 g/mol. The largest absolute Gasteiger partial charge is 0.508 e. The number of phenolic OH excluding ortho intramolecular Hbond substituents is 1. The van der Waals surface area contributed by atoms with Crippen molar-refractivity contribution in [3.05, 3.63) is 69.3 Å². The van der Waals surface area contributed by atoms with Crippen molar-refractivity contribution in [1.29, 1.82) is 0 Å². The Hall–Kier alpha value is -3.42. The van der Waals surface area contributed by atoms with Crippen LogP contribution in [0.5, 0.6) is 5.75 Å². The minimum atomic E-state index is -0.681. The van der Waals surface area contributed by atoms with Gasteiger partial charge in [-0.3, -0.25) is 30.6 Å². The zero-order valence-corrected chi connectivity index (χ0v) is 12.1. The van der Waals surface area contributed by atoms with E-state index in [-0.39, 0.29) is 28.1 Å². The summed E-state index contributed by atoms with van der Waals surface area (Å²) in [4.78, 5) is 34.2. The molecule has 0 bridgehead atoms. The molecule has 8 nitrogen and oxygen atoms in total. The van der Waals surface area contributed by atoms with Crippen molar-refractivity contribution in [2.24, 2.45) is 0 Å². The highest BCUT2D eigenvalue weighted by Crippen LogP contribution is 2.20. The number of aromatic hydroxyl groups is 1. The van der Waals surface area contributed by atoms with Crippen LogP contribution in [0.25, 0.3) is 0 Å². The maximum absolute atomic E-state index is 12.0. The Morgan fingerprint density at radius 1 is 1.09 bits per heavy atom. The van der Waals surface area contributed by atoms with Crippen molar-refractivity contribution in [2.75, 3.05) is 0 Å². The molecular formula is C15H13N3O5. The zero-order valence-electron chi connectivity index (χ0n) is 12.1. The van der Waals surface area contributed by atoms with E-state index in [1.54, 1.807) is 0 Å². The first-order chi connectivity index (χ1) is 10.9. The molecule has 0 radical (unpaired) electrons. The third kappa shape index (κ3) is 3.62. The van der Waals surface area contributed by atoms with Crippen LogP contribution in [0.1, 0.15) is 26.3 Å². The number of hydrogen-bond acceptors (Lipinski definition) is 5. The Balaban J connectivity index is 2.10. The number of amides is 2. The van der Waals surface area contributed by atoms with Gasteiger partial charge in [-0.05, 0) is 31.2 Å². The molecule has 23 heavy (non-hydrogen) atoms. The van der Waals surface area contributed by atoms with E-state index in [0.717, 1.165) is 0 Å². The second-order valence-electron chi connectivity index (χ2n) is 4.67. The SMILES string of the molecule is Cc1c(C(=O)NNC(=O)c2cccc(O)c2)cccc1[N+](=O)[O-]. The molecular weight excluding hydrogens is 302 g/mol. The highest BCUT2D eigenvalue weighted by atomic mass is 16.6. The molecule has 3 N–H and O–H groups in total. The van der Waals surface area contributed by atoms with Gasteiger partial charge in [-0.2, -0.15) is 0 Å². The van der Waals surface area contributed by atoms with E-state index in [0.29, 0.717) is 0 Å².